The summed E-state index contributed by atoms with van der Waals surface area (Å²) in [6.45, 7) is -4.20. The number of nitrogens with one attached hydrogen (secondary N) is 1. The first-order chi connectivity index (χ1) is 36.2. The summed E-state index contributed by atoms with van der Waals surface area (Å²) in [6.07, 6.45) is -52.9. The van der Waals surface area contributed by atoms with E-state index >= 15 is 0 Å². The largest absolute Gasteiger partial charge is 0.394 e. The van der Waals surface area contributed by atoms with Crippen molar-refractivity contribution >= 4 is 5.91 Å². The molecule has 0 aromatic rings. The van der Waals surface area contributed by atoms with Gasteiger partial charge in [-0.2, -0.15) is 0 Å². The zero-order chi connectivity index (χ0) is 55.9. The number of ether oxygens (including phenoxy) is 12. The summed E-state index contributed by atoms with van der Waals surface area (Å²) in [5.41, 5.74) is 5.51. The van der Waals surface area contributed by atoms with Crippen LogP contribution in [0.4, 0.5) is 0 Å². The SMILES string of the molecule is CC(=O)NC1C(O[C@@H]2OC(CO)[C@H](O)C(O)C2O[C@@H]2OC(CO)[C@@H](O)C(O)C2O)[C@@H](O)C(CO)O[C@H]1OC1C(O)[C@@H](O[C@H]2C(CO)O[C@@H](O[C@@H]3C(CO)O[C@@H](OCCCCCN)C(O)C3O)C(O)C2O)OC(CO)[C@@H]1O. The number of aliphatic hydroxyl groups excluding tert-OH is 18. The van der Waals surface area contributed by atoms with Crippen LogP contribution >= 0.6 is 0 Å². The summed E-state index contributed by atoms with van der Waals surface area (Å²) in [4.78, 5) is 12.8. The van der Waals surface area contributed by atoms with Gasteiger partial charge in [-0.25, -0.2) is 0 Å². The summed E-state index contributed by atoms with van der Waals surface area (Å²) < 4.78 is 68.9. The molecule has 1 amide bonds. The lowest BCUT2D eigenvalue weighted by Gasteiger charge is -2.51. The van der Waals surface area contributed by atoms with Crippen molar-refractivity contribution in [1.29, 1.82) is 0 Å². The number of hydrogen-bond donors (Lipinski definition) is 20. The van der Waals surface area contributed by atoms with Crippen LogP contribution in [0.1, 0.15) is 26.2 Å². The summed E-state index contributed by atoms with van der Waals surface area (Å²) in [5.74, 6) is -0.881. The summed E-state index contributed by atoms with van der Waals surface area (Å²) in [7, 11) is 0. The average Bonchev–Trinajstić information content (AvgIpc) is 3.40. The molecule has 6 fully saturated rings. The highest BCUT2D eigenvalue weighted by Gasteiger charge is 2.58. The normalized spacial score (nSPS) is 48.4. The molecule has 0 radical (unpaired) electrons. The molecule has 6 aliphatic rings. The van der Waals surface area contributed by atoms with E-state index in [0.29, 0.717) is 25.8 Å². The van der Waals surface area contributed by atoms with E-state index in [1.54, 1.807) is 0 Å². The molecular weight excluding hydrogens is 1040 g/mol. The van der Waals surface area contributed by atoms with Crippen molar-refractivity contribution in [3.8, 4) is 0 Å². The molecule has 0 spiro atoms. The predicted molar refractivity (Wildman–Crippen MR) is 237 cm³/mol. The van der Waals surface area contributed by atoms with Gasteiger partial charge < -0.3 is 160 Å². The van der Waals surface area contributed by atoms with Crippen molar-refractivity contribution in [2.45, 2.75) is 210 Å². The summed E-state index contributed by atoms with van der Waals surface area (Å²) in [5, 5.41) is 196. The molecule has 6 rings (SSSR count). The Hall–Kier alpha value is -1.77. The maximum absolute atomic E-state index is 12.8. The maximum atomic E-state index is 12.8. The van der Waals surface area contributed by atoms with Gasteiger partial charge in [0, 0.05) is 13.5 Å². The Morgan fingerprint density at radius 1 is 0.382 bits per heavy atom. The molecule has 18 unspecified atom stereocenters. The molecule has 0 aromatic carbocycles. The second-order valence-electron chi connectivity index (χ2n) is 19.2. The maximum Gasteiger partial charge on any atom is 0.217 e. The Kier molecular flexibility index (Phi) is 24.0. The van der Waals surface area contributed by atoms with Gasteiger partial charge in [0.05, 0.1) is 39.6 Å². The molecule has 21 N–H and O–H groups in total. The molecule has 33 nitrogen and oxygen atoms in total. The third-order valence-electron chi connectivity index (χ3n) is 13.9. The molecule has 0 aromatic heterocycles. The number of unbranched alkanes of at least 4 members (excludes halogenated alkanes) is 2. The molecule has 0 bridgehead atoms. The van der Waals surface area contributed by atoms with Crippen LogP contribution in [0, 0.1) is 0 Å². The summed E-state index contributed by atoms with van der Waals surface area (Å²) in [6, 6.07) is -1.82. The zero-order valence-corrected chi connectivity index (χ0v) is 41.0. The highest BCUT2D eigenvalue weighted by molar-refractivity contribution is 5.73. The second kappa shape index (κ2) is 28.8. The molecule has 6 aliphatic heterocycles. The van der Waals surface area contributed by atoms with Gasteiger partial charge in [-0.3, -0.25) is 4.79 Å². The van der Waals surface area contributed by atoms with Gasteiger partial charge in [-0.1, -0.05) is 0 Å². The number of carbonyl (C=O) groups is 1. The van der Waals surface area contributed by atoms with Gasteiger partial charge in [-0.05, 0) is 25.8 Å². The van der Waals surface area contributed by atoms with Crippen molar-refractivity contribution in [3.63, 3.8) is 0 Å². The highest BCUT2D eigenvalue weighted by atomic mass is 16.8. The van der Waals surface area contributed by atoms with Gasteiger partial charge in [0.15, 0.2) is 37.7 Å². The summed E-state index contributed by atoms with van der Waals surface area (Å²) >= 11 is 0. The third-order valence-corrected chi connectivity index (χ3v) is 13.9. The van der Waals surface area contributed by atoms with Crippen LogP contribution in [0.5, 0.6) is 0 Å². The van der Waals surface area contributed by atoms with Crippen LogP contribution in [-0.2, 0) is 61.6 Å². The molecule has 444 valence electrons. The Bertz CT molecular complexity index is 1730. The molecule has 0 saturated carbocycles. The lowest BCUT2D eigenvalue weighted by Crippen LogP contribution is -2.70. The van der Waals surface area contributed by atoms with E-state index in [2.05, 4.69) is 5.32 Å². The number of aliphatic hydroxyl groups is 18. The second-order valence-corrected chi connectivity index (χ2v) is 19.2. The molecule has 6 saturated heterocycles. The van der Waals surface area contributed by atoms with Crippen molar-refractivity contribution in [1.82, 2.24) is 5.32 Å². The molecule has 0 aliphatic carbocycles. The van der Waals surface area contributed by atoms with Gasteiger partial charge in [0.1, 0.15) is 146 Å². The Labute approximate surface area is 433 Å². The lowest BCUT2D eigenvalue weighted by molar-refractivity contribution is -0.394. The number of hydrogen-bond acceptors (Lipinski definition) is 32. The highest BCUT2D eigenvalue weighted by Crippen LogP contribution is 2.37. The van der Waals surface area contributed by atoms with E-state index < -0.39 is 230 Å². The van der Waals surface area contributed by atoms with Crippen LogP contribution in [0.3, 0.4) is 0 Å². The van der Waals surface area contributed by atoms with Crippen LogP contribution in [-0.4, -0.2) is 335 Å². The van der Waals surface area contributed by atoms with Crippen LogP contribution in [0.2, 0.25) is 0 Å². The molecule has 76 heavy (non-hydrogen) atoms. The van der Waals surface area contributed by atoms with Gasteiger partial charge in [0.2, 0.25) is 5.91 Å². The number of nitrogens with two attached hydrogens (primary N) is 1. The van der Waals surface area contributed by atoms with Crippen LogP contribution in [0.15, 0.2) is 0 Å². The Balaban J connectivity index is 1.20. The fourth-order valence-electron chi connectivity index (χ4n) is 9.64. The monoisotopic (exact) mass is 1120 g/mol. The molecule has 6 heterocycles. The first-order valence-electron chi connectivity index (χ1n) is 24.8. The van der Waals surface area contributed by atoms with Gasteiger partial charge in [-0.15, -0.1) is 0 Å². The van der Waals surface area contributed by atoms with Gasteiger partial charge in [0.25, 0.3) is 0 Å². The van der Waals surface area contributed by atoms with Crippen molar-refractivity contribution in [3.05, 3.63) is 0 Å². The van der Waals surface area contributed by atoms with Crippen molar-refractivity contribution in [2.24, 2.45) is 5.73 Å². The fraction of sp³-hybridized carbons (Fsp3) is 0.977. The molecular formula is C43H76N2O31. The Morgan fingerprint density at radius 2 is 0.750 bits per heavy atom. The number of amides is 1. The minimum atomic E-state index is -2.23. The van der Waals surface area contributed by atoms with E-state index in [1.807, 2.05) is 0 Å². The minimum absolute atomic E-state index is 0.106. The zero-order valence-electron chi connectivity index (χ0n) is 41.0. The average molecular weight is 1120 g/mol. The van der Waals surface area contributed by atoms with Crippen LogP contribution in [0.25, 0.3) is 0 Å². The van der Waals surface area contributed by atoms with Crippen molar-refractivity contribution < 1.29 is 154 Å². The van der Waals surface area contributed by atoms with E-state index in [1.165, 1.54) is 0 Å². The van der Waals surface area contributed by atoms with Gasteiger partial charge >= 0.3 is 0 Å². The van der Waals surface area contributed by atoms with E-state index in [4.69, 9.17) is 62.6 Å². The molecule has 30 atom stereocenters. The Morgan fingerprint density at radius 3 is 1.26 bits per heavy atom. The lowest BCUT2D eigenvalue weighted by atomic mass is 9.94. The molecule has 33 heteroatoms. The predicted octanol–water partition coefficient (Wildman–Crippen LogP) is -12.8. The first kappa shape index (κ1) is 63.4. The smallest absolute Gasteiger partial charge is 0.217 e. The standard InChI is InChI=1S/C43H76N2O31/c1-13(52)45-20-35(74-43-37(26(58)22(54)15(8-47)69-43)76-40-29(61)25(57)21(53)14(7-46)67-40)23(55)16(9-48)66-38(20)75-36-24(56)17(10-49)68-42(32(36)64)73-34-19(12-51)71-41(31(63)28(34)60)72-33-18(11-50)70-39(30(62)27(33)59)65-6-4-2-3-5-44/h14-43,46-51,53-64H,2-12,44H2,1H3,(H,45,52)/t14?,15?,16?,17?,18?,19?,20?,21-,22+,23+,24+,25?,26?,27?,28?,29?,30?,31?,32?,33-,34+,35?,36?,37?,38+,39-,40+,41+,42-,43+/m1/s1. The van der Waals surface area contributed by atoms with E-state index in [9.17, 15) is 96.7 Å². The third kappa shape index (κ3) is 14.1. The van der Waals surface area contributed by atoms with E-state index in [-0.39, 0.29) is 6.61 Å². The fourth-order valence-corrected chi connectivity index (χ4v) is 9.64. The first-order valence-corrected chi connectivity index (χ1v) is 24.8. The number of rotatable bonds is 23. The topological polar surface area (TPSA) is 530 Å². The van der Waals surface area contributed by atoms with Crippen LogP contribution < -0.4 is 11.1 Å². The van der Waals surface area contributed by atoms with E-state index in [0.717, 1.165) is 6.92 Å². The van der Waals surface area contributed by atoms with Crippen molar-refractivity contribution in [2.75, 3.05) is 52.8 Å². The minimum Gasteiger partial charge on any atom is -0.394 e. The quantitative estimate of drug-likeness (QED) is 0.0423. The number of carbonyl (C=O) groups excluding carboxylic acids is 1.